The van der Waals surface area contributed by atoms with E-state index in [1.807, 2.05) is 27.2 Å². The second-order valence-electron chi connectivity index (χ2n) is 20.7. The van der Waals surface area contributed by atoms with E-state index >= 15 is 0 Å². The Hall–Kier alpha value is -0.760. The highest BCUT2D eigenvalue weighted by Crippen LogP contribution is 2.43. The Labute approximate surface area is 399 Å². The van der Waals surface area contributed by atoms with E-state index in [4.69, 9.17) is 9.05 Å². The second-order valence-corrected chi connectivity index (χ2v) is 22.1. The molecule has 0 saturated heterocycles. The van der Waals surface area contributed by atoms with Gasteiger partial charge in [0.1, 0.15) is 13.2 Å². The number of aliphatic hydroxyl groups is 1. The van der Waals surface area contributed by atoms with Crippen LogP contribution in [0.15, 0.2) is 12.2 Å². The number of carbonyl (C=O) groups is 1. The highest BCUT2D eigenvalue weighted by molar-refractivity contribution is 7.47. The minimum atomic E-state index is -4.33. The lowest BCUT2D eigenvalue weighted by molar-refractivity contribution is -0.870. The number of allylic oxidation sites excluding steroid dienone is 1. The number of nitrogens with one attached hydrogen (secondary N) is 1. The van der Waals surface area contributed by atoms with Gasteiger partial charge in [0.2, 0.25) is 5.91 Å². The number of aliphatic hydroxyl groups excluding tert-OH is 1. The molecule has 0 fully saturated rings. The van der Waals surface area contributed by atoms with E-state index in [-0.39, 0.29) is 19.1 Å². The number of phosphoric ester groups is 1. The van der Waals surface area contributed by atoms with Crippen LogP contribution >= 0.6 is 7.82 Å². The maximum Gasteiger partial charge on any atom is 0.472 e. The standard InChI is InChI=1S/C55H111N2O6P/c1-6-8-10-12-14-16-18-19-20-21-22-23-24-25-26-27-28-29-30-31-32-33-34-35-36-37-38-39-40-42-44-46-48-54(58)53(52-63-64(60,61)62-51-50-57(3,4)5)56-55(59)49-47-45-43-41-17-15-13-11-9-7-2/h46,48,53-54,58H,6-45,47,49-52H2,1-5H3,(H-,56,59,60,61)/p+1/b48-46+. The molecule has 0 heterocycles. The molecule has 0 aromatic rings. The van der Waals surface area contributed by atoms with Crippen LogP contribution in [0.5, 0.6) is 0 Å². The number of hydrogen-bond donors (Lipinski definition) is 3. The number of rotatable bonds is 52. The molecule has 0 aromatic heterocycles. The van der Waals surface area contributed by atoms with Crippen LogP contribution in [0.1, 0.15) is 284 Å². The van der Waals surface area contributed by atoms with E-state index < -0.39 is 20.0 Å². The number of quaternary nitrogens is 1. The Kier molecular flexibility index (Phi) is 46.8. The normalized spacial score (nSPS) is 14.0. The topological polar surface area (TPSA) is 105 Å². The van der Waals surface area contributed by atoms with E-state index in [0.29, 0.717) is 17.4 Å². The Balaban J connectivity index is 3.97. The summed E-state index contributed by atoms with van der Waals surface area (Å²) in [5, 5.41) is 13.9. The van der Waals surface area contributed by atoms with E-state index in [2.05, 4.69) is 19.2 Å². The maximum absolute atomic E-state index is 12.9. The van der Waals surface area contributed by atoms with Crippen molar-refractivity contribution in [2.75, 3.05) is 40.9 Å². The van der Waals surface area contributed by atoms with E-state index in [1.54, 1.807) is 6.08 Å². The van der Waals surface area contributed by atoms with Crippen molar-refractivity contribution < 1.29 is 32.9 Å². The van der Waals surface area contributed by atoms with Crippen molar-refractivity contribution in [1.82, 2.24) is 5.32 Å². The lowest BCUT2D eigenvalue weighted by Crippen LogP contribution is -2.45. The van der Waals surface area contributed by atoms with Gasteiger partial charge in [0.15, 0.2) is 0 Å². The molecule has 3 atom stereocenters. The summed E-state index contributed by atoms with van der Waals surface area (Å²) < 4.78 is 23.6. The Morgan fingerprint density at radius 1 is 0.516 bits per heavy atom. The van der Waals surface area contributed by atoms with Gasteiger partial charge in [0, 0.05) is 6.42 Å². The molecule has 8 nitrogen and oxygen atoms in total. The van der Waals surface area contributed by atoms with Crippen LogP contribution in [0.4, 0.5) is 0 Å². The molecule has 0 rings (SSSR count). The summed E-state index contributed by atoms with van der Waals surface area (Å²) in [6.07, 6.45) is 57.6. The third-order valence-electron chi connectivity index (χ3n) is 13.0. The molecule has 0 aliphatic rings. The molecule has 0 bridgehead atoms. The van der Waals surface area contributed by atoms with Gasteiger partial charge in [-0.05, 0) is 19.3 Å². The van der Waals surface area contributed by atoms with Crippen LogP contribution in [0.25, 0.3) is 0 Å². The fourth-order valence-corrected chi connectivity index (χ4v) is 9.31. The summed E-state index contributed by atoms with van der Waals surface area (Å²) in [5.41, 5.74) is 0. The van der Waals surface area contributed by atoms with Crippen LogP contribution in [0.2, 0.25) is 0 Å². The van der Waals surface area contributed by atoms with Gasteiger partial charge in [-0.2, -0.15) is 0 Å². The van der Waals surface area contributed by atoms with Crippen LogP contribution < -0.4 is 5.32 Å². The average molecular weight is 928 g/mol. The predicted molar refractivity (Wildman–Crippen MR) is 277 cm³/mol. The summed E-state index contributed by atoms with van der Waals surface area (Å²) >= 11 is 0. The summed E-state index contributed by atoms with van der Waals surface area (Å²) in [6, 6.07) is -0.840. The van der Waals surface area contributed by atoms with Crippen molar-refractivity contribution in [1.29, 1.82) is 0 Å². The fraction of sp³-hybridized carbons (Fsp3) is 0.945. The van der Waals surface area contributed by atoms with Crippen LogP contribution in [-0.2, 0) is 18.4 Å². The minimum Gasteiger partial charge on any atom is -0.387 e. The SMILES string of the molecule is CCCCCCCCCCCCCCCCCCCCCCCCCCCCCCCC/C=C/C(O)C(COP(=O)(O)OCC[N+](C)(C)C)NC(=O)CCCCCCCCCCCC. The molecule has 0 saturated carbocycles. The lowest BCUT2D eigenvalue weighted by Gasteiger charge is -2.25. The van der Waals surface area contributed by atoms with Crippen LogP contribution in [-0.4, -0.2) is 73.4 Å². The third kappa shape index (κ3) is 49.2. The fourth-order valence-electron chi connectivity index (χ4n) is 8.57. The molecule has 0 radical (unpaired) electrons. The minimum absolute atomic E-state index is 0.0647. The highest BCUT2D eigenvalue weighted by atomic mass is 31.2. The zero-order valence-electron chi connectivity index (χ0n) is 43.6. The molecular weight excluding hydrogens is 816 g/mol. The third-order valence-corrected chi connectivity index (χ3v) is 14.0. The van der Waals surface area contributed by atoms with E-state index in [9.17, 15) is 19.4 Å². The Morgan fingerprint density at radius 2 is 0.828 bits per heavy atom. The van der Waals surface area contributed by atoms with Crippen molar-refractivity contribution in [3.05, 3.63) is 12.2 Å². The quantitative estimate of drug-likeness (QED) is 0.0243. The molecule has 0 spiro atoms. The lowest BCUT2D eigenvalue weighted by atomic mass is 10.0. The number of nitrogens with zero attached hydrogens (tertiary/aromatic N) is 1. The van der Waals surface area contributed by atoms with Gasteiger partial charge >= 0.3 is 7.82 Å². The number of hydrogen-bond acceptors (Lipinski definition) is 5. The molecule has 3 N–H and O–H groups in total. The zero-order valence-corrected chi connectivity index (χ0v) is 44.4. The summed E-state index contributed by atoms with van der Waals surface area (Å²) in [7, 11) is 1.59. The molecule has 1 amide bonds. The number of likely N-dealkylation sites (N-methyl/N-ethyl adjacent to an activating group) is 1. The van der Waals surface area contributed by atoms with Crippen molar-refractivity contribution in [2.24, 2.45) is 0 Å². The summed E-state index contributed by atoms with van der Waals surface area (Å²) in [4.78, 5) is 23.1. The van der Waals surface area contributed by atoms with Crippen molar-refractivity contribution >= 4 is 13.7 Å². The first-order valence-corrected chi connectivity index (χ1v) is 29.6. The number of unbranched alkanes of at least 4 members (excludes halogenated alkanes) is 39. The van der Waals surface area contributed by atoms with Gasteiger partial charge in [0.25, 0.3) is 0 Å². The monoisotopic (exact) mass is 928 g/mol. The molecule has 3 unspecified atom stereocenters. The van der Waals surface area contributed by atoms with Crippen LogP contribution in [0, 0.1) is 0 Å². The number of amides is 1. The number of phosphoric acid groups is 1. The van der Waals surface area contributed by atoms with Crippen LogP contribution in [0.3, 0.4) is 0 Å². The first-order chi connectivity index (χ1) is 31.0. The van der Waals surface area contributed by atoms with Crippen molar-refractivity contribution in [3.8, 4) is 0 Å². The predicted octanol–water partition coefficient (Wildman–Crippen LogP) is 16.7. The first kappa shape index (κ1) is 63.2. The highest BCUT2D eigenvalue weighted by Gasteiger charge is 2.27. The summed E-state index contributed by atoms with van der Waals surface area (Å²) in [5.74, 6) is -0.176. The molecule has 382 valence electrons. The molecule has 0 aliphatic carbocycles. The van der Waals surface area contributed by atoms with Gasteiger partial charge in [-0.1, -0.05) is 270 Å². The summed E-state index contributed by atoms with van der Waals surface area (Å²) in [6.45, 7) is 4.83. The van der Waals surface area contributed by atoms with E-state index in [0.717, 1.165) is 32.1 Å². The molecule has 9 heteroatoms. The van der Waals surface area contributed by atoms with E-state index in [1.165, 1.54) is 231 Å². The molecule has 0 aromatic carbocycles. The van der Waals surface area contributed by atoms with Gasteiger partial charge in [-0.3, -0.25) is 13.8 Å². The largest absolute Gasteiger partial charge is 0.472 e. The average Bonchev–Trinajstić information content (AvgIpc) is 3.25. The molecule has 64 heavy (non-hydrogen) atoms. The second kappa shape index (κ2) is 47.3. The molecular formula is C55H112N2O6P+. The van der Waals surface area contributed by atoms with Gasteiger partial charge in [0.05, 0.1) is 39.9 Å². The number of carbonyl (C=O) groups excluding carboxylic acids is 1. The zero-order chi connectivity index (χ0) is 47.1. The van der Waals surface area contributed by atoms with Crippen molar-refractivity contribution in [2.45, 2.75) is 296 Å². The van der Waals surface area contributed by atoms with Gasteiger partial charge < -0.3 is 19.8 Å². The smallest absolute Gasteiger partial charge is 0.387 e. The van der Waals surface area contributed by atoms with Gasteiger partial charge in [-0.25, -0.2) is 4.57 Å². The first-order valence-electron chi connectivity index (χ1n) is 28.1. The molecule has 0 aliphatic heterocycles. The van der Waals surface area contributed by atoms with Gasteiger partial charge in [-0.15, -0.1) is 0 Å². The Morgan fingerprint density at radius 3 is 1.16 bits per heavy atom. The Bertz CT molecular complexity index is 1050. The van der Waals surface area contributed by atoms with Crippen molar-refractivity contribution in [3.63, 3.8) is 0 Å². The maximum atomic E-state index is 12.9.